The predicted molar refractivity (Wildman–Crippen MR) is 62.9 cm³/mol. The van der Waals surface area contributed by atoms with Crippen LogP contribution in [0.15, 0.2) is 12.1 Å². The van der Waals surface area contributed by atoms with Crippen molar-refractivity contribution in [1.29, 1.82) is 0 Å². The molecular formula is C11H16ClFN2. The Kier molecular flexibility index (Phi) is 4.36. The van der Waals surface area contributed by atoms with Gasteiger partial charge in [-0.15, -0.1) is 0 Å². The number of benzene rings is 1. The highest BCUT2D eigenvalue weighted by molar-refractivity contribution is 6.31. The smallest absolute Gasteiger partial charge is 0.164 e. The molecule has 0 aliphatic rings. The van der Waals surface area contributed by atoms with E-state index in [1.165, 1.54) is 0 Å². The number of hydrogen-bond acceptors (Lipinski definition) is 2. The second kappa shape index (κ2) is 5.33. The molecule has 1 unspecified atom stereocenters. The lowest BCUT2D eigenvalue weighted by molar-refractivity contribution is 0.590. The van der Waals surface area contributed by atoms with Gasteiger partial charge in [0.05, 0.1) is 10.7 Å². The van der Waals surface area contributed by atoms with Gasteiger partial charge >= 0.3 is 0 Å². The molecule has 0 heterocycles. The molecule has 1 rings (SSSR count). The van der Waals surface area contributed by atoms with E-state index in [2.05, 4.69) is 12.2 Å². The zero-order valence-electron chi connectivity index (χ0n) is 8.98. The molecule has 0 aromatic heterocycles. The van der Waals surface area contributed by atoms with Gasteiger partial charge in [-0.25, -0.2) is 4.39 Å². The second-order valence-electron chi connectivity index (χ2n) is 3.73. The van der Waals surface area contributed by atoms with E-state index in [0.717, 1.165) is 12.0 Å². The monoisotopic (exact) mass is 230 g/mol. The molecule has 0 fully saturated rings. The van der Waals surface area contributed by atoms with E-state index in [1.807, 2.05) is 0 Å². The van der Waals surface area contributed by atoms with Crippen LogP contribution in [0, 0.1) is 11.7 Å². The average molecular weight is 231 g/mol. The molecule has 4 heteroatoms. The highest BCUT2D eigenvalue weighted by atomic mass is 35.5. The van der Waals surface area contributed by atoms with E-state index >= 15 is 0 Å². The highest BCUT2D eigenvalue weighted by Crippen LogP contribution is 2.25. The molecule has 0 saturated carbocycles. The summed E-state index contributed by atoms with van der Waals surface area (Å²) in [5.41, 5.74) is 6.97. The molecule has 0 bridgehead atoms. The first-order valence-corrected chi connectivity index (χ1v) is 5.32. The molecule has 1 atom stereocenters. The lowest BCUT2D eigenvalue weighted by atomic mass is 10.0. The van der Waals surface area contributed by atoms with Crippen molar-refractivity contribution < 1.29 is 4.39 Å². The Hall–Kier alpha value is -0.800. The summed E-state index contributed by atoms with van der Waals surface area (Å²) in [6.45, 7) is 2.67. The maximum absolute atomic E-state index is 13.4. The SMILES string of the molecule is CNc1cc(CC(C)CN)cc(Cl)c1F. The summed E-state index contributed by atoms with van der Waals surface area (Å²) < 4.78 is 13.4. The van der Waals surface area contributed by atoms with Crippen molar-refractivity contribution in [2.24, 2.45) is 11.7 Å². The molecule has 1 aromatic carbocycles. The molecule has 0 saturated heterocycles. The number of rotatable bonds is 4. The molecule has 0 aliphatic heterocycles. The molecule has 84 valence electrons. The quantitative estimate of drug-likeness (QED) is 0.835. The molecule has 0 spiro atoms. The Morgan fingerprint density at radius 3 is 2.73 bits per heavy atom. The van der Waals surface area contributed by atoms with Gasteiger partial charge in [-0.05, 0) is 36.6 Å². The molecule has 0 amide bonds. The van der Waals surface area contributed by atoms with Crippen LogP contribution in [0.3, 0.4) is 0 Å². The van der Waals surface area contributed by atoms with Gasteiger partial charge in [0.2, 0.25) is 0 Å². The molecular weight excluding hydrogens is 215 g/mol. The summed E-state index contributed by atoms with van der Waals surface area (Å²) in [4.78, 5) is 0. The zero-order chi connectivity index (χ0) is 11.4. The Labute approximate surface area is 94.6 Å². The third-order valence-electron chi connectivity index (χ3n) is 2.34. The predicted octanol–water partition coefficient (Wildman–Crippen LogP) is 2.66. The highest BCUT2D eigenvalue weighted by Gasteiger charge is 2.09. The molecule has 0 radical (unpaired) electrons. The van der Waals surface area contributed by atoms with Gasteiger partial charge in [0.25, 0.3) is 0 Å². The van der Waals surface area contributed by atoms with E-state index < -0.39 is 5.82 Å². The number of anilines is 1. The Balaban J connectivity index is 2.95. The van der Waals surface area contributed by atoms with Crippen LogP contribution in [0.4, 0.5) is 10.1 Å². The van der Waals surface area contributed by atoms with Crippen molar-refractivity contribution in [3.8, 4) is 0 Å². The molecule has 2 nitrogen and oxygen atoms in total. The van der Waals surface area contributed by atoms with E-state index in [4.69, 9.17) is 17.3 Å². The van der Waals surface area contributed by atoms with Crippen LogP contribution in [0.1, 0.15) is 12.5 Å². The second-order valence-corrected chi connectivity index (χ2v) is 4.14. The minimum absolute atomic E-state index is 0.154. The lowest BCUT2D eigenvalue weighted by Crippen LogP contribution is -2.13. The number of nitrogens with one attached hydrogen (secondary N) is 1. The first-order valence-electron chi connectivity index (χ1n) is 4.94. The summed E-state index contributed by atoms with van der Waals surface area (Å²) in [5.74, 6) is -0.0282. The van der Waals surface area contributed by atoms with E-state index in [1.54, 1.807) is 19.2 Å². The van der Waals surface area contributed by atoms with Crippen LogP contribution >= 0.6 is 11.6 Å². The van der Waals surface area contributed by atoms with Crippen molar-refractivity contribution in [3.05, 3.63) is 28.5 Å². The summed E-state index contributed by atoms with van der Waals surface area (Å²) >= 11 is 5.78. The zero-order valence-corrected chi connectivity index (χ0v) is 9.74. The van der Waals surface area contributed by atoms with E-state index in [9.17, 15) is 4.39 Å². The fourth-order valence-corrected chi connectivity index (χ4v) is 1.67. The topological polar surface area (TPSA) is 38.0 Å². The van der Waals surface area contributed by atoms with Crippen molar-refractivity contribution in [1.82, 2.24) is 0 Å². The van der Waals surface area contributed by atoms with Crippen LogP contribution in [0.5, 0.6) is 0 Å². The van der Waals surface area contributed by atoms with Gasteiger partial charge in [0.15, 0.2) is 5.82 Å². The summed E-state index contributed by atoms with van der Waals surface area (Å²) in [6.07, 6.45) is 0.811. The first kappa shape index (κ1) is 12.3. The van der Waals surface area contributed by atoms with Crippen molar-refractivity contribution in [3.63, 3.8) is 0 Å². The van der Waals surface area contributed by atoms with Gasteiger partial charge < -0.3 is 11.1 Å². The minimum atomic E-state index is -0.400. The maximum atomic E-state index is 13.4. The van der Waals surface area contributed by atoms with Gasteiger partial charge in [-0.1, -0.05) is 18.5 Å². The lowest BCUT2D eigenvalue weighted by Gasteiger charge is -2.11. The fourth-order valence-electron chi connectivity index (χ4n) is 1.43. The number of nitrogens with two attached hydrogens (primary N) is 1. The number of hydrogen-bond donors (Lipinski definition) is 2. The largest absolute Gasteiger partial charge is 0.386 e. The third kappa shape index (κ3) is 3.08. The Morgan fingerprint density at radius 1 is 1.53 bits per heavy atom. The van der Waals surface area contributed by atoms with Crippen molar-refractivity contribution >= 4 is 17.3 Å². The third-order valence-corrected chi connectivity index (χ3v) is 2.62. The summed E-state index contributed by atoms with van der Waals surface area (Å²) in [5, 5.41) is 2.93. The van der Waals surface area contributed by atoms with Crippen LogP contribution in [0.25, 0.3) is 0 Å². The van der Waals surface area contributed by atoms with E-state index in [0.29, 0.717) is 18.2 Å². The van der Waals surface area contributed by atoms with Gasteiger partial charge in [0, 0.05) is 7.05 Å². The summed E-state index contributed by atoms with van der Waals surface area (Å²) in [6, 6.07) is 3.43. The standard InChI is InChI=1S/C11H16ClFN2/c1-7(6-14)3-8-4-9(12)11(13)10(5-8)15-2/h4-5,7,15H,3,6,14H2,1-2H3. The van der Waals surface area contributed by atoms with Gasteiger partial charge in [0.1, 0.15) is 0 Å². The van der Waals surface area contributed by atoms with Crippen LogP contribution in [-0.2, 0) is 6.42 Å². The molecule has 15 heavy (non-hydrogen) atoms. The number of halogens is 2. The molecule has 1 aromatic rings. The normalized spacial score (nSPS) is 12.6. The molecule has 3 N–H and O–H groups in total. The average Bonchev–Trinajstić information content (AvgIpc) is 2.22. The van der Waals surface area contributed by atoms with Crippen LogP contribution < -0.4 is 11.1 Å². The first-order chi connectivity index (χ1) is 7.08. The van der Waals surface area contributed by atoms with E-state index in [-0.39, 0.29) is 5.02 Å². The Morgan fingerprint density at radius 2 is 2.20 bits per heavy atom. The maximum Gasteiger partial charge on any atom is 0.164 e. The van der Waals surface area contributed by atoms with Gasteiger partial charge in [-0.2, -0.15) is 0 Å². The van der Waals surface area contributed by atoms with Crippen LogP contribution in [-0.4, -0.2) is 13.6 Å². The van der Waals surface area contributed by atoms with Gasteiger partial charge in [-0.3, -0.25) is 0 Å². The fraction of sp³-hybridized carbons (Fsp3) is 0.455. The molecule has 0 aliphatic carbocycles. The Bertz CT molecular complexity index is 342. The van der Waals surface area contributed by atoms with Crippen LogP contribution in [0.2, 0.25) is 5.02 Å². The summed E-state index contributed by atoms with van der Waals surface area (Å²) in [7, 11) is 1.67. The van der Waals surface area contributed by atoms with Crippen molar-refractivity contribution in [2.45, 2.75) is 13.3 Å². The van der Waals surface area contributed by atoms with Crippen molar-refractivity contribution in [2.75, 3.05) is 18.9 Å². The minimum Gasteiger partial charge on any atom is -0.386 e.